The maximum absolute atomic E-state index is 13.4. The number of hydrogen-bond acceptors (Lipinski definition) is 7. The number of ether oxygens (including phenoxy) is 4. The van der Waals surface area contributed by atoms with Crippen LogP contribution in [-0.2, 0) is 16.1 Å². The van der Waals surface area contributed by atoms with Gasteiger partial charge in [-0.05, 0) is 67.4 Å². The molecule has 0 bridgehead atoms. The van der Waals surface area contributed by atoms with Gasteiger partial charge in [0.25, 0.3) is 11.7 Å². The molecule has 2 heterocycles. The molecule has 38 heavy (non-hydrogen) atoms. The summed E-state index contributed by atoms with van der Waals surface area (Å²) < 4.78 is 22.2. The number of nitrogens with zero attached hydrogens (tertiary/aromatic N) is 1. The van der Waals surface area contributed by atoms with E-state index in [-0.39, 0.29) is 24.0 Å². The maximum Gasteiger partial charge on any atom is 0.295 e. The minimum absolute atomic E-state index is 0.0107. The van der Waals surface area contributed by atoms with Crippen molar-refractivity contribution in [2.24, 2.45) is 0 Å². The van der Waals surface area contributed by atoms with E-state index < -0.39 is 17.7 Å². The third-order valence-electron chi connectivity index (χ3n) is 6.44. The fourth-order valence-electron chi connectivity index (χ4n) is 4.66. The summed E-state index contributed by atoms with van der Waals surface area (Å²) in [6.07, 6.45) is 0.0364. The highest BCUT2D eigenvalue weighted by atomic mass is 16.6. The van der Waals surface area contributed by atoms with Crippen molar-refractivity contribution in [3.8, 4) is 23.0 Å². The molecule has 1 fully saturated rings. The molecule has 1 amide bonds. The van der Waals surface area contributed by atoms with E-state index >= 15 is 0 Å². The molecule has 8 heteroatoms. The van der Waals surface area contributed by atoms with Gasteiger partial charge in [0.2, 0.25) is 0 Å². The molecule has 2 aliphatic heterocycles. The number of aliphatic hydroxyl groups is 1. The van der Waals surface area contributed by atoms with Crippen molar-refractivity contribution in [1.82, 2.24) is 4.90 Å². The predicted molar refractivity (Wildman–Crippen MR) is 140 cm³/mol. The van der Waals surface area contributed by atoms with Crippen molar-refractivity contribution < 1.29 is 33.6 Å². The number of methoxy groups -OCH3 is 1. The van der Waals surface area contributed by atoms with Gasteiger partial charge in [0, 0.05) is 12.1 Å². The number of carbonyl (C=O) groups is 2. The van der Waals surface area contributed by atoms with E-state index in [4.69, 9.17) is 18.9 Å². The number of likely N-dealkylation sites (tertiary alicyclic amines) is 1. The first-order valence-electron chi connectivity index (χ1n) is 12.4. The van der Waals surface area contributed by atoms with Crippen molar-refractivity contribution in [1.29, 1.82) is 0 Å². The number of Topliss-reactive ketones (excluding diaryl/α,β-unsaturated/α-hetero) is 1. The second kappa shape index (κ2) is 10.5. The van der Waals surface area contributed by atoms with Crippen LogP contribution in [0.15, 0.2) is 72.3 Å². The van der Waals surface area contributed by atoms with Crippen molar-refractivity contribution >= 4 is 17.4 Å². The van der Waals surface area contributed by atoms with Crippen LogP contribution in [0.2, 0.25) is 0 Å². The highest BCUT2D eigenvalue weighted by Gasteiger charge is 2.46. The van der Waals surface area contributed by atoms with Gasteiger partial charge < -0.3 is 29.0 Å². The van der Waals surface area contributed by atoms with Crippen LogP contribution in [0.1, 0.15) is 36.6 Å². The van der Waals surface area contributed by atoms with Gasteiger partial charge in [0.1, 0.15) is 30.5 Å². The van der Waals surface area contributed by atoms with Gasteiger partial charge >= 0.3 is 0 Å². The van der Waals surface area contributed by atoms with Crippen molar-refractivity contribution in [2.45, 2.75) is 32.5 Å². The molecule has 0 radical (unpaired) electrons. The zero-order valence-electron chi connectivity index (χ0n) is 21.5. The largest absolute Gasteiger partial charge is 0.507 e. The average molecular weight is 516 g/mol. The van der Waals surface area contributed by atoms with Crippen molar-refractivity contribution in [3.63, 3.8) is 0 Å². The Bertz CT molecular complexity index is 1380. The highest BCUT2D eigenvalue weighted by Crippen LogP contribution is 2.42. The SMILES string of the molecule is COc1ccc(C2/C(=C(/O)c3ccc4c(c3)OCCO4)C(=O)C(=O)N2Cc2ccc(OC(C)C)cc2)cc1. The van der Waals surface area contributed by atoms with Gasteiger partial charge in [-0.3, -0.25) is 9.59 Å². The Hall–Kier alpha value is -4.46. The molecule has 1 N–H and O–H groups in total. The van der Waals surface area contributed by atoms with Gasteiger partial charge in [0.05, 0.1) is 24.8 Å². The number of fused-ring (bicyclic) bond motifs is 1. The van der Waals surface area contributed by atoms with Crippen molar-refractivity contribution in [2.75, 3.05) is 20.3 Å². The molecule has 0 aromatic heterocycles. The minimum Gasteiger partial charge on any atom is -0.507 e. The van der Waals surface area contributed by atoms with E-state index in [0.717, 1.165) is 11.3 Å². The summed E-state index contributed by atoms with van der Waals surface area (Å²) in [6.45, 7) is 4.88. The number of amides is 1. The Morgan fingerprint density at radius 2 is 1.61 bits per heavy atom. The van der Waals surface area contributed by atoms with Gasteiger partial charge in [-0.15, -0.1) is 0 Å². The van der Waals surface area contributed by atoms with Crippen LogP contribution in [0.5, 0.6) is 23.0 Å². The van der Waals surface area contributed by atoms with Gasteiger partial charge in [-0.1, -0.05) is 24.3 Å². The Kier molecular flexibility index (Phi) is 6.96. The number of rotatable bonds is 7. The molecule has 196 valence electrons. The Labute approximate surface area is 221 Å². The average Bonchev–Trinajstić information content (AvgIpc) is 3.18. The highest BCUT2D eigenvalue weighted by molar-refractivity contribution is 6.46. The molecular formula is C30H29NO7. The summed E-state index contributed by atoms with van der Waals surface area (Å²) in [5, 5.41) is 11.4. The molecule has 1 atom stereocenters. The summed E-state index contributed by atoms with van der Waals surface area (Å²) in [7, 11) is 1.57. The molecule has 0 aliphatic carbocycles. The smallest absolute Gasteiger partial charge is 0.295 e. The number of carbonyl (C=O) groups excluding carboxylic acids is 2. The summed E-state index contributed by atoms with van der Waals surface area (Å²) in [5.41, 5.74) is 1.86. The fourth-order valence-corrected chi connectivity index (χ4v) is 4.66. The normalized spacial score (nSPS) is 18.1. The maximum atomic E-state index is 13.4. The van der Waals surface area contributed by atoms with Gasteiger partial charge in [-0.25, -0.2) is 0 Å². The van der Waals surface area contributed by atoms with E-state index in [9.17, 15) is 14.7 Å². The zero-order valence-corrected chi connectivity index (χ0v) is 21.5. The first-order valence-corrected chi connectivity index (χ1v) is 12.4. The number of ketones is 1. The lowest BCUT2D eigenvalue weighted by Gasteiger charge is -2.26. The third-order valence-corrected chi connectivity index (χ3v) is 6.44. The van der Waals surface area contributed by atoms with Crippen molar-refractivity contribution in [3.05, 3.63) is 89.0 Å². The first kappa shape index (κ1) is 25.2. The summed E-state index contributed by atoms with van der Waals surface area (Å²) in [5.74, 6) is 0.674. The molecule has 8 nitrogen and oxygen atoms in total. The minimum atomic E-state index is -0.805. The molecule has 1 saturated heterocycles. The van der Waals surface area contributed by atoms with Crippen LogP contribution in [0.4, 0.5) is 0 Å². The number of benzene rings is 3. The van der Waals surface area contributed by atoms with Crippen LogP contribution in [-0.4, -0.2) is 48.1 Å². The second-order valence-electron chi connectivity index (χ2n) is 9.37. The first-order chi connectivity index (χ1) is 18.4. The lowest BCUT2D eigenvalue weighted by Crippen LogP contribution is -2.29. The zero-order chi connectivity index (χ0) is 26.8. The van der Waals surface area contributed by atoms with E-state index in [1.165, 1.54) is 4.90 Å². The van der Waals surface area contributed by atoms with E-state index in [1.807, 2.05) is 38.1 Å². The monoisotopic (exact) mass is 515 g/mol. The summed E-state index contributed by atoms with van der Waals surface area (Å²) >= 11 is 0. The van der Waals surface area contributed by atoms with Crippen LogP contribution >= 0.6 is 0 Å². The Morgan fingerprint density at radius 3 is 2.26 bits per heavy atom. The second-order valence-corrected chi connectivity index (χ2v) is 9.37. The topological polar surface area (TPSA) is 94.5 Å². The van der Waals surface area contributed by atoms with Crippen LogP contribution < -0.4 is 18.9 Å². The molecule has 0 spiro atoms. The Morgan fingerprint density at radius 1 is 0.947 bits per heavy atom. The van der Waals surface area contributed by atoms with Crippen LogP contribution in [0, 0.1) is 0 Å². The standard InChI is InChI=1S/C30H29NO7/c1-18(2)38-23-9-4-19(5-10-23)17-31-27(20-6-11-22(35-3)12-7-20)26(29(33)30(31)34)28(32)21-8-13-24-25(16-21)37-15-14-36-24/h4-13,16,18,27,32H,14-15,17H2,1-3H3/b28-26-. The number of aliphatic hydroxyl groups excluding tert-OH is 1. The summed E-state index contributed by atoms with van der Waals surface area (Å²) in [4.78, 5) is 28.2. The van der Waals surface area contributed by atoms with Crippen LogP contribution in [0.25, 0.3) is 5.76 Å². The summed E-state index contributed by atoms with van der Waals surface area (Å²) in [6, 6.07) is 18.7. The van der Waals surface area contributed by atoms with Crippen LogP contribution in [0.3, 0.4) is 0 Å². The molecule has 3 aromatic rings. The molecular weight excluding hydrogens is 486 g/mol. The molecule has 5 rings (SSSR count). The predicted octanol–water partition coefficient (Wildman–Crippen LogP) is 4.88. The van der Waals surface area contributed by atoms with E-state index in [1.54, 1.807) is 49.6 Å². The Balaban J connectivity index is 1.56. The van der Waals surface area contributed by atoms with E-state index in [2.05, 4.69) is 0 Å². The molecule has 2 aliphatic rings. The van der Waals surface area contributed by atoms with E-state index in [0.29, 0.717) is 41.6 Å². The quantitative estimate of drug-likeness (QED) is 0.272. The lowest BCUT2D eigenvalue weighted by molar-refractivity contribution is -0.140. The van der Waals surface area contributed by atoms with Gasteiger partial charge in [-0.2, -0.15) is 0 Å². The number of hydrogen-bond donors (Lipinski definition) is 1. The molecule has 0 saturated carbocycles. The molecule has 3 aromatic carbocycles. The third kappa shape index (κ3) is 4.89. The lowest BCUT2D eigenvalue weighted by atomic mass is 9.95. The fraction of sp³-hybridized carbons (Fsp3) is 0.267. The van der Waals surface area contributed by atoms with Gasteiger partial charge in [0.15, 0.2) is 11.5 Å². The molecule has 1 unspecified atom stereocenters.